The molecule has 0 radical (unpaired) electrons. The smallest absolute Gasteiger partial charge is 0.101 e. The van der Waals surface area contributed by atoms with Crippen LogP contribution < -0.4 is 0 Å². The molecule has 0 fully saturated rings. The molecule has 9 rings (SSSR count). The molecule has 50 heavy (non-hydrogen) atoms. The van der Waals surface area contributed by atoms with E-state index < -0.39 is 0 Å². The van der Waals surface area contributed by atoms with Crippen LogP contribution in [-0.2, 0) is 0 Å². The van der Waals surface area contributed by atoms with Crippen molar-refractivity contribution in [2.24, 2.45) is 0 Å². The Labute approximate surface area is 287 Å². The average molecular weight is 636 g/mol. The molecule has 0 atom stereocenters. The van der Waals surface area contributed by atoms with Crippen molar-refractivity contribution in [3.63, 3.8) is 0 Å². The van der Waals surface area contributed by atoms with Crippen LogP contribution in [0.25, 0.3) is 77.2 Å². The summed E-state index contributed by atoms with van der Waals surface area (Å²) in [4.78, 5) is 0. The van der Waals surface area contributed by atoms with Crippen LogP contribution in [0.3, 0.4) is 0 Å². The first kappa shape index (κ1) is 28.8. The lowest BCUT2D eigenvalue weighted by atomic mass is 9.97. The van der Waals surface area contributed by atoms with Crippen molar-refractivity contribution in [2.45, 2.75) is 0 Å². The Morgan fingerprint density at radius 3 is 1.54 bits per heavy atom. The van der Waals surface area contributed by atoms with Crippen molar-refractivity contribution < 1.29 is 0 Å². The minimum Gasteiger partial charge on any atom is -0.309 e. The van der Waals surface area contributed by atoms with Crippen LogP contribution in [0.15, 0.2) is 152 Å². The van der Waals surface area contributed by atoms with Crippen molar-refractivity contribution in [3.05, 3.63) is 168 Å². The maximum absolute atomic E-state index is 10.4. The maximum atomic E-state index is 10.4. The fraction of sp³-hybridized carbons (Fsp3) is 0. The Bertz CT molecular complexity index is 2830. The second kappa shape index (κ2) is 11.4. The molecular formula is C45H25N5. The van der Waals surface area contributed by atoms with Crippen LogP contribution in [0.4, 0.5) is 0 Å². The van der Waals surface area contributed by atoms with E-state index >= 15 is 0 Å². The van der Waals surface area contributed by atoms with Crippen LogP contribution in [0.5, 0.6) is 0 Å². The summed E-state index contributed by atoms with van der Waals surface area (Å²) in [5, 5.41) is 33.9. The summed E-state index contributed by atoms with van der Waals surface area (Å²) in [6, 6.07) is 58.0. The zero-order valence-electron chi connectivity index (χ0n) is 26.7. The minimum absolute atomic E-state index is 0.526. The zero-order chi connectivity index (χ0) is 33.8. The van der Waals surface area contributed by atoms with Crippen molar-refractivity contribution in [3.8, 4) is 51.8 Å². The lowest BCUT2D eigenvalue weighted by Crippen LogP contribution is -2.01. The first-order valence-corrected chi connectivity index (χ1v) is 16.3. The summed E-state index contributed by atoms with van der Waals surface area (Å²) in [6.45, 7) is 0. The van der Waals surface area contributed by atoms with Gasteiger partial charge in [0.2, 0.25) is 0 Å². The molecule has 0 saturated heterocycles. The summed E-state index contributed by atoms with van der Waals surface area (Å²) >= 11 is 0. The molecule has 0 aliphatic heterocycles. The first-order chi connectivity index (χ1) is 24.7. The maximum Gasteiger partial charge on any atom is 0.101 e. The van der Waals surface area contributed by atoms with Crippen molar-refractivity contribution >= 4 is 43.6 Å². The Morgan fingerprint density at radius 2 is 0.940 bits per heavy atom. The molecule has 0 saturated carbocycles. The quantitative estimate of drug-likeness (QED) is 0.193. The third-order valence-corrected chi connectivity index (χ3v) is 9.62. The molecule has 0 aliphatic rings. The van der Waals surface area contributed by atoms with Gasteiger partial charge < -0.3 is 9.13 Å². The topological polar surface area (TPSA) is 81.2 Å². The molecule has 9 aromatic rings. The highest BCUT2D eigenvalue weighted by Crippen LogP contribution is 2.39. The first-order valence-electron chi connectivity index (χ1n) is 16.3. The average Bonchev–Trinajstić information content (AvgIpc) is 3.69. The Kier molecular flexibility index (Phi) is 6.56. The minimum atomic E-state index is 0.526. The monoisotopic (exact) mass is 635 g/mol. The van der Waals surface area contributed by atoms with E-state index in [0.717, 1.165) is 55.4 Å². The number of nitrogens with zero attached hydrogens (tertiary/aromatic N) is 5. The summed E-state index contributed by atoms with van der Waals surface area (Å²) in [5.41, 5.74) is 11.6. The van der Waals surface area contributed by atoms with Gasteiger partial charge in [-0.2, -0.15) is 15.8 Å². The highest BCUT2D eigenvalue weighted by Gasteiger charge is 2.20. The highest BCUT2D eigenvalue weighted by molar-refractivity contribution is 6.11. The predicted molar refractivity (Wildman–Crippen MR) is 200 cm³/mol. The molecule has 7 aromatic carbocycles. The van der Waals surface area contributed by atoms with E-state index in [4.69, 9.17) is 0 Å². The van der Waals surface area contributed by atoms with E-state index in [9.17, 15) is 15.8 Å². The number of hydrogen-bond donors (Lipinski definition) is 0. The van der Waals surface area contributed by atoms with E-state index in [1.54, 1.807) is 12.1 Å². The number of hydrogen-bond acceptors (Lipinski definition) is 3. The number of rotatable bonds is 4. The van der Waals surface area contributed by atoms with E-state index in [1.807, 2.05) is 42.5 Å². The number of fused-ring (bicyclic) bond motifs is 6. The van der Waals surface area contributed by atoms with Gasteiger partial charge >= 0.3 is 0 Å². The number of benzene rings is 7. The highest BCUT2D eigenvalue weighted by atomic mass is 15.0. The Balaban J connectivity index is 1.18. The molecule has 0 N–H and O–H groups in total. The van der Waals surface area contributed by atoms with E-state index in [-0.39, 0.29) is 0 Å². The largest absolute Gasteiger partial charge is 0.309 e. The molecule has 230 valence electrons. The number of nitriles is 3. The van der Waals surface area contributed by atoms with Gasteiger partial charge in [-0.1, -0.05) is 84.9 Å². The zero-order valence-corrected chi connectivity index (χ0v) is 26.7. The van der Waals surface area contributed by atoms with Gasteiger partial charge in [0.05, 0.1) is 56.6 Å². The summed E-state index contributed by atoms with van der Waals surface area (Å²) in [5.74, 6) is 0. The van der Waals surface area contributed by atoms with Gasteiger partial charge in [0, 0.05) is 32.8 Å². The van der Waals surface area contributed by atoms with Crippen LogP contribution in [0, 0.1) is 34.0 Å². The van der Waals surface area contributed by atoms with Crippen molar-refractivity contribution in [2.75, 3.05) is 0 Å². The summed E-state index contributed by atoms with van der Waals surface area (Å²) in [7, 11) is 0. The molecular weight excluding hydrogens is 611 g/mol. The summed E-state index contributed by atoms with van der Waals surface area (Å²) in [6.07, 6.45) is 0. The molecule has 5 nitrogen and oxygen atoms in total. The van der Waals surface area contributed by atoms with Crippen molar-refractivity contribution in [1.82, 2.24) is 9.13 Å². The van der Waals surface area contributed by atoms with Crippen LogP contribution >= 0.6 is 0 Å². The third kappa shape index (κ3) is 4.38. The molecule has 0 spiro atoms. The van der Waals surface area contributed by atoms with Crippen LogP contribution in [-0.4, -0.2) is 9.13 Å². The van der Waals surface area contributed by atoms with Gasteiger partial charge in [0.25, 0.3) is 0 Å². The fourth-order valence-electron chi connectivity index (χ4n) is 7.38. The number of para-hydroxylation sites is 3. The Hall–Kier alpha value is -7.39. The third-order valence-electron chi connectivity index (χ3n) is 9.62. The predicted octanol–water partition coefficient (Wildman–Crippen LogP) is 10.8. The van der Waals surface area contributed by atoms with E-state index in [0.29, 0.717) is 16.7 Å². The van der Waals surface area contributed by atoms with Gasteiger partial charge in [-0.15, -0.1) is 0 Å². The van der Waals surface area contributed by atoms with Gasteiger partial charge in [-0.25, -0.2) is 0 Å². The van der Waals surface area contributed by atoms with Gasteiger partial charge in [-0.05, 0) is 83.4 Å². The molecule has 0 amide bonds. The molecule has 5 heteroatoms. The van der Waals surface area contributed by atoms with Crippen LogP contribution in [0.2, 0.25) is 0 Å². The SMILES string of the molecule is N#Cc1ccc2c(c1)c1cc(C#N)ccc1n2-c1c(C#N)cccc1-c1ccc(-c2cccc(-n3c4ccccc4c4ccccc43)c2)cc1. The van der Waals surface area contributed by atoms with Crippen LogP contribution in [0.1, 0.15) is 16.7 Å². The summed E-state index contributed by atoms with van der Waals surface area (Å²) < 4.78 is 4.41. The lowest BCUT2D eigenvalue weighted by Gasteiger charge is -2.16. The number of aromatic nitrogens is 2. The second-order valence-corrected chi connectivity index (χ2v) is 12.3. The van der Waals surface area contributed by atoms with E-state index in [2.05, 4.69) is 124 Å². The van der Waals surface area contributed by atoms with Gasteiger partial charge in [0.15, 0.2) is 0 Å². The standard InChI is InChI=1S/C45H25N5/c46-26-29-15-21-43-39(23-29)40-24-30(27-47)16-22-44(40)50(43)45-34(28-48)8-6-12-36(45)32-19-17-31(18-20-32)33-7-5-9-35(25-33)49-41-13-3-1-10-37(41)38-11-2-4-14-42(38)49/h1-25H. The molecule has 0 aliphatic carbocycles. The molecule has 2 heterocycles. The van der Waals surface area contributed by atoms with E-state index in [1.165, 1.54) is 21.8 Å². The molecule has 2 aromatic heterocycles. The molecule has 0 bridgehead atoms. The normalized spacial score (nSPS) is 11.1. The fourth-order valence-corrected chi connectivity index (χ4v) is 7.38. The van der Waals surface area contributed by atoms with Gasteiger partial charge in [-0.3, -0.25) is 0 Å². The molecule has 0 unspecified atom stereocenters. The lowest BCUT2D eigenvalue weighted by molar-refractivity contribution is 1.17. The van der Waals surface area contributed by atoms with Crippen molar-refractivity contribution in [1.29, 1.82) is 15.8 Å². The van der Waals surface area contributed by atoms with Gasteiger partial charge in [0.1, 0.15) is 6.07 Å². The second-order valence-electron chi connectivity index (χ2n) is 12.3. The Morgan fingerprint density at radius 1 is 0.380 bits per heavy atom.